The number of amides is 1. The Labute approximate surface area is 174 Å². The van der Waals surface area contributed by atoms with Crippen molar-refractivity contribution >= 4 is 29.7 Å². The van der Waals surface area contributed by atoms with Crippen molar-refractivity contribution in [1.29, 1.82) is 0 Å². The number of aliphatic hydroxyl groups is 2. The van der Waals surface area contributed by atoms with Crippen LogP contribution in [-0.4, -0.2) is 68.4 Å². The van der Waals surface area contributed by atoms with Crippen LogP contribution < -0.4 is 9.62 Å². The second-order valence-corrected chi connectivity index (χ2v) is 8.95. The van der Waals surface area contributed by atoms with E-state index >= 15 is 0 Å². The molecule has 0 atom stereocenters. The largest absolute Gasteiger partial charge is 0.378 e. The van der Waals surface area contributed by atoms with Crippen LogP contribution in [0.25, 0.3) is 5.65 Å². The average molecular weight is 416 g/mol. The van der Waals surface area contributed by atoms with E-state index in [0.717, 1.165) is 48.6 Å². The molecule has 1 saturated carbocycles. The highest BCUT2D eigenvalue weighted by Crippen LogP contribution is 2.36. The summed E-state index contributed by atoms with van der Waals surface area (Å²) in [6.45, 7) is 6.05. The molecule has 2 fully saturated rings. The van der Waals surface area contributed by atoms with Crippen molar-refractivity contribution in [2.45, 2.75) is 42.9 Å². The summed E-state index contributed by atoms with van der Waals surface area (Å²) < 4.78 is 5.04. The molecule has 4 rings (SSSR count). The van der Waals surface area contributed by atoms with Gasteiger partial charge in [0.15, 0.2) is 5.65 Å². The molecule has 1 amide bonds. The standard InChI is InChI=1S/C20H25N5O3S/c1-19(2,27)4-3-15-12-21-18-17(24-9-7-23(14-26)8-10-24)11-16(13-25(15)18)29-22-20(28)5-6-20/h11-14,22,27-28H,5-10H2,1-2H3. The predicted octanol–water partition coefficient (Wildman–Crippen LogP) is 0.814. The number of nitrogens with one attached hydrogen (secondary N) is 1. The van der Waals surface area contributed by atoms with Gasteiger partial charge in [-0.3, -0.25) is 9.20 Å². The number of nitrogens with zero attached hydrogens (tertiary/aromatic N) is 4. The summed E-state index contributed by atoms with van der Waals surface area (Å²) in [5.74, 6) is 5.85. The average Bonchev–Trinajstić information content (AvgIpc) is 3.29. The van der Waals surface area contributed by atoms with Gasteiger partial charge in [0.25, 0.3) is 0 Å². The van der Waals surface area contributed by atoms with E-state index in [-0.39, 0.29) is 0 Å². The smallest absolute Gasteiger partial charge is 0.209 e. The Balaban J connectivity index is 1.70. The monoisotopic (exact) mass is 415 g/mol. The van der Waals surface area contributed by atoms with Gasteiger partial charge in [-0.15, -0.1) is 0 Å². The molecular formula is C20H25N5O3S. The summed E-state index contributed by atoms with van der Waals surface area (Å²) in [4.78, 5) is 20.5. The Bertz CT molecular complexity index is 976. The van der Waals surface area contributed by atoms with Gasteiger partial charge >= 0.3 is 0 Å². The number of anilines is 1. The summed E-state index contributed by atoms with van der Waals surface area (Å²) >= 11 is 1.38. The third kappa shape index (κ3) is 4.67. The number of imidazole rings is 1. The topological polar surface area (TPSA) is 93.3 Å². The molecule has 0 bridgehead atoms. The Morgan fingerprint density at radius 1 is 1.31 bits per heavy atom. The molecule has 1 saturated heterocycles. The first-order valence-electron chi connectivity index (χ1n) is 9.64. The summed E-state index contributed by atoms with van der Waals surface area (Å²) in [6.07, 6.45) is 6.02. The molecule has 1 aliphatic carbocycles. The summed E-state index contributed by atoms with van der Waals surface area (Å²) in [5, 5.41) is 20.1. The van der Waals surface area contributed by atoms with Gasteiger partial charge in [0, 0.05) is 37.3 Å². The number of piperazine rings is 1. The van der Waals surface area contributed by atoms with Gasteiger partial charge in [-0.2, -0.15) is 0 Å². The highest BCUT2D eigenvalue weighted by Gasteiger charge is 2.40. The third-order valence-electron chi connectivity index (χ3n) is 4.94. The number of aromatic nitrogens is 2. The minimum atomic E-state index is -1.10. The summed E-state index contributed by atoms with van der Waals surface area (Å²) in [6, 6.07) is 2.05. The lowest BCUT2D eigenvalue weighted by atomic mass is 10.1. The third-order valence-corrected chi connectivity index (χ3v) is 5.89. The Morgan fingerprint density at radius 3 is 2.66 bits per heavy atom. The van der Waals surface area contributed by atoms with Gasteiger partial charge in [-0.25, -0.2) is 9.71 Å². The fourth-order valence-corrected chi connectivity index (χ4v) is 3.93. The molecule has 29 heavy (non-hydrogen) atoms. The van der Waals surface area contributed by atoms with Gasteiger partial charge in [0.2, 0.25) is 6.41 Å². The van der Waals surface area contributed by atoms with Crippen molar-refractivity contribution in [3.05, 3.63) is 24.2 Å². The van der Waals surface area contributed by atoms with E-state index in [1.807, 2.05) is 10.6 Å². The quantitative estimate of drug-likeness (QED) is 0.288. The zero-order valence-corrected chi connectivity index (χ0v) is 17.4. The van der Waals surface area contributed by atoms with Crippen molar-refractivity contribution in [1.82, 2.24) is 19.0 Å². The lowest BCUT2D eigenvalue weighted by Crippen LogP contribution is -2.45. The number of pyridine rings is 1. The number of carbonyl (C=O) groups is 1. The van der Waals surface area contributed by atoms with E-state index in [4.69, 9.17) is 0 Å². The molecule has 2 aromatic rings. The highest BCUT2D eigenvalue weighted by molar-refractivity contribution is 7.97. The number of hydrogen-bond donors (Lipinski definition) is 3. The minimum Gasteiger partial charge on any atom is -0.378 e. The second-order valence-electron chi connectivity index (χ2n) is 8.07. The molecule has 3 N–H and O–H groups in total. The summed E-state index contributed by atoms with van der Waals surface area (Å²) in [5.41, 5.74) is 0.540. The highest BCUT2D eigenvalue weighted by atomic mass is 32.2. The molecule has 9 heteroatoms. The van der Waals surface area contributed by atoms with Gasteiger partial charge in [-0.05, 0) is 50.6 Å². The van der Waals surface area contributed by atoms with E-state index in [2.05, 4.69) is 32.5 Å². The lowest BCUT2D eigenvalue weighted by Gasteiger charge is -2.34. The van der Waals surface area contributed by atoms with E-state index < -0.39 is 11.3 Å². The molecule has 8 nitrogen and oxygen atoms in total. The van der Waals surface area contributed by atoms with Gasteiger partial charge in [0.05, 0.1) is 11.9 Å². The molecule has 0 unspecified atom stereocenters. The molecule has 2 aliphatic rings. The van der Waals surface area contributed by atoms with Crippen molar-refractivity contribution < 1.29 is 15.0 Å². The number of carbonyl (C=O) groups excluding carboxylic acids is 1. The molecule has 0 aromatic carbocycles. The number of hydrogen-bond acceptors (Lipinski definition) is 7. The maximum atomic E-state index is 11.0. The van der Waals surface area contributed by atoms with E-state index in [9.17, 15) is 15.0 Å². The van der Waals surface area contributed by atoms with Crippen LogP contribution in [0.1, 0.15) is 32.4 Å². The molecule has 1 aliphatic heterocycles. The van der Waals surface area contributed by atoms with Crippen LogP contribution in [0.2, 0.25) is 0 Å². The summed E-state index contributed by atoms with van der Waals surface area (Å²) in [7, 11) is 0. The van der Waals surface area contributed by atoms with Crippen LogP contribution in [0.5, 0.6) is 0 Å². The molecule has 2 aromatic heterocycles. The Hall–Kier alpha value is -2.25. The van der Waals surface area contributed by atoms with Crippen LogP contribution in [0.15, 0.2) is 23.4 Å². The first-order valence-corrected chi connectivity index (χ1v) is 10.5. The zero-order valence-electron chi connectivity index (χ0n) is 16.6. The number of rotatable bonds is 5. The Morgan fingerprint density at radius 2 is 2.03 bits per heavy atom. The van der Waals surface area contributed by atoms with Crippen LogP contribution >= 0.6 is 11.9 Å². The fraction of sp³-hybridized carbons (Fsp3) is 0.500. The molecular weight excluding hydrogens is 390 g/mol. The van der Waals surface area contributed by atoms with Gasteiger partial charge in [0.1, 0.15) is 17.0 Å². The van der Waals surface area contributed by atoms with Crippen molar-refractivity contribution in [3.63, 3.8) is 0 Å². The molecule has 154 valence electrons. The van der Waals surface area contributed by atoms with Crippen molar-refractivity contribution in [2.24, 2.45) is 0 Å². The molecule has 0 radical (unpaired) electrons. The first kappa shape index (κ1) is 20.0. The first-order chi connectivity index (χ1) is 13.8. The maximum Gasteiger partial charge on any atom is 0.209 e. The van der Waals surface area contributed by atoms with E-state index in [0.29, 0.717) is 18.8 Å². The van der Waals surface area contributed by atoms with Gasteiger partial charge in [-0.1, -0.05) is 5.92 Å². The SMILES string of the molecule is CC(C)(O)C#Cc1cnc2c(N3CCN(C=O)CC3)cc(SNC3(O)CC3)cn12. The van der Waals surface area contributed by atoms with E-state index in [1.165, 1.54) is 11.9 Å². The zero-order chi connectivity index (χ0) is 20.6. The number of fused-ring (bicyclic) bond motifs is 1. The molecule has 0 spiro atoms. The Kier molecular flexibility index (Phi) is 5.21. The van der Waals surface area contributed by atoms with Crippen LogP contribution in [0.3, 0.4) is 0 Å². The van der Waals surface area contributed by atoms with Crippen LogP contribution in [0.4, 0.5) is 5.69 Å². The van der Waals surface area contributed by atoms with Crippen LogP contribution in [-0.2, 0) is 4.79 Å². The van der Waals surface area contributed by atoms with Gasteiger partial charge < -0.3 is 20.0 Å². The molecule has 3 heterocycles. The predicted molar refractivity (Wildman–Crippen MR) is 111 cm³/mol. The van der Waals surface area contributed by atoms with Crippen molar-refractivity contribution in [2.75, 3.05) is 31.1 Å². The van der Waals surface area contributed by atoms with Crippen LogP contribution in [0, 0.1) is 11.8 Å². The fourth-order valence-electron chi connectivity index (χ4n) is 3.09. The van der Waals surface area contributed by atoms with E-state index in [1.54, 1.807) is 24.9 Å². The van der Waals surface area contributed by atoms with Crippen molar-refractivity contribution in [3.8, 4) is 11.8 Å². The minimum absolute atomic E-state index is 0.664. The lowest BCUT2D eigenvalue weighted by molar-refractivity contribution is -0.118. The normalized spacial score (nSPS) is 18.5. The maximum absolute atomic E-state index is 11.0. The second kappa shape index (κ2) is 7.54.